The van der Waals surface area contributed by atoms with Gasteiger partial charge in [-0.3, -0.25) is 0 Å². The Hall–Kier alpha value is -1.75. The van der Waals surface area contributed by atoms with Crippen molar-refractivity contribution in [3.05, 3.63) is 51.7 Å². The number of carboxylic acid groups (broad SMARTS) is 1. The fourth-order valence-corrected chi connectivity index (χ4v) is 2.29. The second kappa shape index (κ2) is 5.05. The van der Waals surface area contributed by atoms with Crippen LogP contribution in [-0.2, 0) is 12.8 Å². The maximum absolute atomic E-state index is 12.7. The van der Waals surface area contributed by atoms with Crippen LogP contribution in [0.4, 0.5) is 4.39 Å². The summed E-state index contributed by atoms with van der Waals surface area (Å²) in [5.74, 6) is -1.27. The third-order valence-corrected chi connectivity index (χ3v) is 3.29. The Labute approximate surface area is 102 Å². The summed E-state index contributed by atoms with van der Waals surface area (Å²) < 4.78 is 12.7. The molecule has 0 unspecified atom stereocenters. The topological polar surface area (TPSA) is 50.2 Å². The molecule has 2 rings (SSSR count). The molecular formula is C12H10FNO2S. The molecule has 0 atom stereocenters. The average Bonchev–Trinajstić information content (AvgIpc) is 2.76. The first-order chi connectivity index (χ1) is 8.16. The number of nitrogens with zero attached hydrogens (tertiary/aromatic N) is 1. The van der Waals surface area contributed by atoms with Crippen molar-refractivity contribution in [2.45, 2.75) is 12.8 Å². The zero-order chi connectivity index (χ0) is 12.3. The molecule has 0 aliphatic carbocycles. The van der Waals surface area contributed by atoms with Gasteiger partial charge in [0.15, 0.2) is 5.69 Å². The second-order valence-corrected chi connectivity index (χ2v) is 4.50. The highest BCUT2D eigenvalue weighted by Gasteiger charge is 2.12. The highest BCUT2D eigenvalue weighted by Crippen LogP contribution is 2.16. The van der Waals surface area contributed by atoms with Gasteiger partial charge in [-0.15, -0.1) is 11.3 Å². The van der Waals surface area contributed by atoms with E-state index in [0.717, 1.165) is 10.4 Å². The van der Waals surface area contributed by atoms with E-state index in [-0.39, 0.29) is 11.5 Å². The van der Waals surface area contributed by atoms with E-state index in [1.54, 1.807) is 12.1 Å². The molecule has 0 bridgehead atoms. The number of hydrogen-bond acceptors (Lipinski definition) is 3. The van der Waals surface area contributed by atoms with Crippen LogP contribution in [0.3, 0.4) is 0 Å². The molecule has 3 nitrogen and oxygen atoms in total. The van der Waals surface area contributed by atoms with E-state index in [9.17, 15) is 9.18 Å². The molecule has 0 saturated carbocycles. The molecule has 5 heteroatoms. The lowest BCUT2D eigenvalue weighted by Crippen LogP contribution is -2.01. The molecule has 0 amide bonds. The summed E-state index contributed by atoms with van der Waals surface area (Å²) in [6, 6.07) is 6.22. The first-order valence-corrected chi connectivity index (χ1v) is 5.95. The van der Waals surface area contributed by atoms with Gasteiger partial charge in [0.25, 0.3) is 0 Å². The summed E-state index contributed by atoms with van der Waals surface area (Å²) in [5, 5.41) is 8.88. The van der Waals surface area contributed by atoms with E-state index in [1.165, 1.54) is 29.0 Å². The predicted octanol–water partition coefficient (Wildman–Crippen LogP) is 2.77. The standard InChI is InChI=1S/C12H10FNO2S/c13-9-4-1-8(2-5-9)3-6-10-11(12(15)16)14-7-17-10/h1-2,4-5,7H,3,6H2,(H,15,16). The fourth-order valence-electron chi connectivity index (χ4n) is 1.53. The van der Waals surface area contributed by atoms with Crippen LogP contribution in [-0.4, -0.2) is 16.1 Å². The number of hydrogen-bond donors (Lipinski definition) is 1. The minimum Gasteiger partial charge on any atom is -0.476 e. The van der Waals surface area contributed by atoms with E-state index in [1.807, 2.05) is 0 Å². The Kier molecular flexibility index (Phi) is 3.49. The van der Waals surface area contributed by atoms with Crippen molar-refractivity contribution in [2.75, 3.05) is 0 Å². The molecule has 0 spiro atoms. The van der Waals surface area contributed by atoms with E-state index in [0.29, 0.717) is 12.8 Å². The molecule has 0 fully saturated rings. The van der Waals surface area contributed by atoms with Crippen molar-refractivity contribution in [1.29, 1.82) is 0 Å². The summed E-state index contributed by atoms with van der Waals surface area (Å²) in [6.45, 7) is 0. The largest absolute Gasteiger partial charge is 0.476 e. The minimum atomic E-state index is -1.000. The molecule has 1 aromatic carbocycles. The van der Waals surface area contributed by atoms with Crippen molar-refractivity contribution >= 4 is 17.3 Å². The zero-order valence-corrected chi connectivity index (χ0v) is 9.71. The highest BCUT2D eigenvalue weighted by atomic mass is 32.1. The average molecular weight is 251 g/mol. The first kappa shape index (κ1) is 11.7. The van der Waals surface area contributed by atoms with Crippen LogP contribution in [0.25, 0.3) is 0 Å². The molecule has 2 aromatic rings. The Morgan fingerprint density at radius 3 is 2.65 bits per heavy atom. The first-order valence-electron chi connectivity index (χ1n) is 5.07. The van der Waals surface area contributed by atoms with E-state index >= 15 is 0 Å². The van der Waals surface area contributed by atoms with Crippen molar-refractivity contribution < 1.29 is 14.3 Å². The van der Waals surface area contributed by atoms with Gasteiger partial charge >= 0.3 is 5.97 Å². The Balaban J connectivity index is 2.05. The van der Waals surface area contributed by atoms with Gasteiger partial charge in [0.2, 0.25) is 0 Å². The Morgan fingerprint density at radius 2 is 2.00 bits per heavy atom. The summed E-state index contributed by atoms with van der Waals surface area (Å²) in [6.07, 6.45) is 1.29. The Morgan fingerprint density at radius 1 is 1.29 bits per heavy atom. The number of rotatable bonds is 4. The van der Waals surface area contributed by atoms with Gasteiger partial charge < -0.3 is 5.11 Å². The van der Waals surface area contributed by atoms with Crippen LogP contribution < -0.4 is 0 Å². The van der Waals surface area contributed by atoms with E-state index in [2.05, 4.69) is 4.98 Å². The van der Waals surface area contributed by atoms with Crippen LogP contribution in [0, 0.1) is 5.82 Å². The molecule has 0 aliphatic heterocycles. The maximum atomic E-state index is 12.7. The van der Waals surface area contributed by atoms with Gasteiger partial charge in [-0.2, -0.15) is 0 Å². The van der Waals surface area contributed by atoms with Crippen molar-refractivity contribution in [3.8, 4) is 0 Å². The summed E-state index contributed by atoms with van der Waals surface area (Å²) >= 11 is 1.33. The van der Waals surface area contributed by atoms with Crippen LogP contribution in [0.2, 0.25) is 0 Å². The molecule has 88 valence electrons. The fraction of sp³-hybridized carbons (Fsp3) is 0.167. The quantitative estimate of drug-likeness (QED) is 0.909. The molecule has 0 radical (unpaired) electrons. The number of halogens is 1. The zero-order valence-electron chi connectivity index (χ0n) is 8.89. The number of aryl methyl sites for hydroxylation is 2. The molecule has 1 heterocycles. The van der Waals surface area contributed by atoms with Crippen molar-refractivity contribution in [2.24, 2.45) is 0 Å². The van der Waals surface area contributed by atoms with Crippen molar-refractivity contribution in [3.63, 3.8) is 0 Å². The van der Waals surface area contributed by atoms with Gasteiger partial charge in [0.1, 0.15) is 5.82 Å². The van der Waals surface area contributed by atoms with Gasteiger partial charge in [0.05, 0.1) is 5.51 Å². The third-order valence-electron chi connectivity index (χ3n) is 2.40. The third kappa shape index (κ3) is 2.88. The van der Waals surface area contributed by atoms with Gasteiger partial charge in [-0.1, -0.05) is 12.1 Å². The van der Waals surface area contributed by atoms with Crippen LogP contribution in [0.15, 0.2) is 29.8 Å². The normalized spacial score (nSPS) is 10.4. The lowest BCUT2D eigenvalue weighted by atomic mass is 10.1. The number of aromatic carboxylic acids is 1. The predicted molar refractivity (Wildman–Crippen MR) is 62.9 cm³/mol. The minimum absolute atomic E-state index is 0.122. The van der Waals surface area contributed by atoms with Gasteiger partial charge in [-0.05, 0) is 30.5 Å². The summed E-state index contributed by atoms with van der Waals surface area (Å²) in [4.78, 5) is 15.4. The monoisotopic (exact) mass is 251 g/mol. The summed E-state index contributed by atoms with van der Waals surface area (Å²) in [5.41, 5.74) is 2.64. The second-order valence-electron chi connectivity index (χ2n) is 3.56. The van der Waals surface area contributed by atoms with E-state index < -0.39 is 5.97 Å². The maximum Gasteiger partial charge on any atom is 0.355 e. The van der Waals surface area contributed by atoms with Crippen molar-refractivity contribution in [1.82, 2.24) is 4.98 Å². The van der Waals surface area contributed by atoms with E-state index in [4.69, 9.17) is 5.11 Å². The number of benzene rings is 1. The van der Waals surface area contributed by atoms with Gasteiger partial charge in [-0.25, -0.2) is 14.2 Å². The molecule has 0 saturated heterocycles. The number of carboxylic acids is 1. The van der Waals surface area contributed by atoms with Crippen LogP contribution >= 0.6 is 11.3 Å². The molecular weight excluding hydrogens is 241 g/mol. The van der Waals surface area contributed by atoms with Crippen LogP contribution in [0.5, 0.6) is 0 Å². The smallest absolute Gasteiger partial charge is 0.355 e. The SMILES string of the molecule is O=C(O)c1ncsc1CCc1ccc(F)cc1. The molecule has 17 heavy (non-hydrogen) atoms. The molecule has 0 aliphatic rings. The lowest BCUT2D eigenvalue weighted by Gasteiger charge is -2.00. The van der Waals surface area contributed by atoms with Gasteiger partial charge in [0, 0.05) is 4.88 Å². The summed E-state index contributed by atoms with van der Waals surface area (Å²) in [7, 11) is 0. The number of thiazole rings is 1. The molecule has 1 N–H and O–H groups in total. The highest BCUT2D eigenvalue weighted by molar-refractivity contribution is 7.09. The Bertz CT molecular complexity index is 522. The number of carbonyl (C=O) groups is 1. The number of aromatic nitrogens is 1. The lowest BCUT2D eigenvalue weighted by molar-refractivity contribution is 0.0690. The van der Waals surface area contributed by atoms with Crippen LogP contribution in [0.1, 0.15) is 20.9 Å². The molecule has 1 aromatic heterocycles.